The number of aryl methyl sites for hydroxylation is 1. The molecule has 1 aromatic rings. The molecule has 2 saturated heterocycles. The van der Waals surface area contributed by atoms with Crippen LogP contribution in [0, 0.1) is 6.92 Å². The molecule has 11 heteroatoms. The van der Waals surface area contributed by atoms with E-state index in [0.29, 0.717) is 25.8 Å². The molecular formula is C21H31N3O6S2. The quantitative estimate of drug-likeness (QED) is 0.528. The molecule has 32 heavy (non-hydrogen) atoms. The first kappa shape index (κ1) is 24.8. The highest BCUT2D eigenvalue weighted by Gasteiger charge is 2.33. The standard InChI is InChI=1S/C21H31N3O6S2/c1-17-8-10-19(11-9-17)32(29,30)24-14-3-2-5-18(24)12-13-22-31(27,28)16-15-23-20(25)6-4-7-21(23)26/h8-11,18,22H,2-7,12-16H2,1H3/t18-/m0/s1. The van der Waals surface area contributed by atoms with Crippen molar-refractivity contribution in [2.75, 3.05) is 25.4 Å². The van der Waals surface area contributed by atoms with Crippen molar-refractivity contribution in [1.29, 1.82) is 0 Å². The lowest BCUT2D eigenvalue weighted by atomic mass is 10.0. The summed E-state index contributed by atoms with van der Waals surface area (Å²) in [5, 5.41) is 0. The Hall–Kier alpha value is -1.82. The number of hydrogen-bond acceptors (Lipinski definition) is 6. The molecule has 2 heterocycles. The number of likely N-dealkylation sites (tertiary alicyclic amines) is 1. The van der Waals surface area contributed by atoms with Gasteiger partial charge in [-0.25, -0.2) is 21.6 Å². The maximum atomic E-state index is 13.1. The molecule has 2 aliphatic rings. The van der Waals surface area contributed by atoms with Crippen LogP contribution in [0.1, 0.15) is 50.5 Å². The highest BCUT2D eigenvalue weighted by Crippen LogP contribution is 2.27. The Bertz CT molecular complexity index is 1020. The summed E-state index contributed by atoms with van der Waals surface area (Å²) in [6.45, 7) is 2.23. The molecule has 0 unspecified atom stereocenters. The van der Waals surface area contributed by atoms with Gasteiger partial charge < -0.3 is 0 Å². The van der Waals surface area contributed by atoms with Crippen LogP contribution in [0.3, 0.4) is 0 Å². The summed E-state index contributed by atoms with van der Waals surface area (Å²) in [5.41, 5.74) is 0.974. The van der Waals surface area contributed by atoms with E-state index in [9.17, 15) is 26.4 Å². The Morgan fingerprint density at radius 1 is 0.969 bits per heavy atom. The number of sulfonamides is 2. The summed E-state index contributed by atoms with van der Waals surface area (Å²) in [4.78, 5) is 24.9. The Labute approximate surface area is 190 Å². The van der Waals surface area contributed by atoms with Gasteiger partial charge in [-0.05, 0) is 44.7 Å². The van der Waals surface area contributed by atoms with Crippen LogP contribution < -0.4 is 4.72 Å². The van der Waals surface area contributed by atoms with Crippen LogP contribution in [0.5, 0.6) is 0 Å². The number of benzene rings is 1. The molecule has 2 amide bonds. The molecule has 2 fully saturated rings. The van der Waals surface area contributed by atoms with Crippen LogP contribution in [0.25, 0.3) is 0 Å². The van der Waals surface area contributed by atoms with Crippen molar-refractivity contribution >= 4 is 31.9 Å². The lowest BCUT2D eigenvalue weighted by molar-refractivity contribution is -0.147. The van der Waals surface area contributed by atoms with Gasteiger partial charge in [0, 0.05) is 38.5 Å². The average molecular weight is 486 g/mol. The fourth-order valence-corrected chi connectivity index (χ4v) is 6.86. The second-order valence-electron chi connectivity index (χ2n) is 8.37. The van der Waals surface area contributed by atoms with Gasteiger partial charge in [-0.15, -0.1) is 0 Å². The molecule has 0 radical (unpaired) electrons. The second kappa shape index (κ2) is 10.4. The van der Waals surface area contributed by atoms with Crippen LogP contribution in [-0.2, 0) is 29.6 Å². The summed E-state index contributed by atoms with van der Waals surface area (Å²) in [6, 6.07) is 6.43. The lowest BCUT2D eigenvalue weighted by Crippen LogP contribution is -2.46. The van der Waals surface area contributed by atoms with Crippen LogP contribution in [-0.4, -0.2) is 69.3 Å². The molecule has 0 aromatic heterocycles. The summed E-state index contributed by atoms with van der Waals surface area (Å²) in [7, 11) is -7.36. The lowest BCUT2D eigenvalue weighted by Gasteiger charge is -2.34. The van der Waals surface area contributed by atoms with Crippen molar-refractivity contribution in [1.82, 2.24) is 13.9 Å². The Balaban J connectivity index is 1.56. The highest BCUT2D eigenvalue weighted by molar-refractivity contribution is 7.89. The average Bonchev–Trinajstić information content (AvgIpc) is 2.74. The van der Waals surface area contributed by atoms with Crippen LogP contribution in [0.2, 0.25) is 0 Å². The predicted octanol–water partition coefficient (Wildman–Crippen LogP) is 1.39. The zero-order valence-corrected chi connectivity index (χ0v) is 20.0. The predicted molar refractivity (Wildman–Crippen MR) is 120 cm³/mol. The van der Waals surface area contributed by atoms with E-state index in [0.717, 1.165) is 23.3 Å². The van der Waals surface area contributed by atoms with Crippen LogP contribution >= 0.6 is 0 Å². The zero-order valence-electron chi connectivity index (χ0n) is 18.3. The molecule has 0 spiro atoms. The number of hydrogen-bond donors (Lipinski definition) is 1. The molecule has 3 rings (SSSR count). The highest BCUT2D eigenvalue weighted by atomic mass is 32.2. The third-order valence-corrected chi connectivity index (χ3v) is 9.30. The summed E-state index contributed by atoms with van der Waals surface area (Å²) < 4.78 is 55.0. The van der Waals surface area contributed by atoms with Gasteiger partial charge in [0.25, 0.3) is 0 Å². The fraction of sp³-hybridized carbons (Fsp3) is 0.619. The maximum absolute atomic E-state index is 13.1. The van der Waals surface area contributed by atoms with Crippen molar-refractivity contribution in [2.45, 2.75) is 62.8 Å². The van der Waals surface area contributed by atoms with Crippen molar-refractivity contribution < 1.29 is 26.4 Å². The first-order chi connectivity index (χ1) is 15.1. The van der Waals surface area contributed by atoms with Gasteiger partial charge in [0.05, 0.1) is 10.6 Å². The van der Waals surface area contributed by atoms with Crippen LogP contribution in [0.4, 0.5) is 0 Å². The molecular weight excluding hydrogens is 454 g/mol. The molecule has 0 bridgehead atoms. The minimum Gasteiger partial charge on any atom is -0.282 e. The molecule has 1 atom stereocenters. The first-order valence-corrected chi connectivity index (χ1v) is 14.1. The fourth-order valence-electron chi connectivity index (χ4n) is 4.14. The summed E-state index contributed by atoms with van der Waals surface area (Å²) in [6.07, 6.45) is 3.69. The Kier molecular flexibility index (Phi) is 8.07. The van der Waals surface area contributed by atoms with E-state index in [-0.39, 0.29) is 54.4 Å². The van der Waals surface area contributed by atoms with E-state index in [1.54, 1.807) is 24.3 Å². The zero-order chi connectivity index (χ0) is 23.4. The van der Waals surface area contributed by atoms with E-state index in [1.165, 1.54) is 4.31 Å². The third-order valence-electron chi connectivity index (χ3n) is 5.97. The number of rotatable bonds is 9. The van der Waals surface area contributed by atoms with E-state index in [4.69, 9.17) is 0 Å². The molecule has 0 aliphatic carbocycles. The molecule has 178 valence electrons. The topological polar surface area (TPSA) is 121 Å². The van der Waals surface area contributed by atoms with Crippen molar-refractivity contribution in [3.05, 3.63) is 29.8 Å². The van der Waals surface area contributed by atoms with Gasteiger partial charge in [0.1, 0.15) is 0 Å². The number of carbonyl (C=O) groups excluding carboxylic acids is 2. The van der Waals surface area contributed by atoms with Crippen LogP contribution in [0.15, 0.2) is 29.2 Å². The van der Waals surface area contributed by atoms with E-state index < -0.39 is 20.0 Å². The Morgan fingerprint density at radius 2 is 1.62 bits per heavy atom. The van der Waals surface area contributed by atoms with E-state index >= 15 is 0 Å². The number of nitrogens with one attached hydrogen (secondary N) is 1. The van der Waals surface area contributed by atoms with Gasteiger partial charge in [-0.1, -0.05) is 24.1 Å². The number of nitrogens with zero attached hydrogens (tertiary/aromatic N) is 2. The Morgan fingerprint density at radius 3 is 2.28 bits per heavy atom. The van der Waals surface area contributed by atoms with E-state index in [1.807, 2.05) is 6.92 Å². The molecule has 2 aliphatic heterocycles. The molecule has 9 nitrogen and oxygen atoms in total. The largest absolute Gasteiger partial charge is 0.282 e. The monoisotopic (exact) mass is 485 g/mol. The summed E-state index contributed by atoms with van der Waals surface area (Å²) >= 11 is 0. The van der Waals surface area contributed by atoms with Crippen molar-refractivity contribution in [3.8, 4) is 0 Å². The van der Waals surface area contributed by atoms with Crippen molar-refractivity contribution in [3.63, 3.8) is 0 Å². The van der Waals surface area contributed by atoms with Gasteiger partial charge in [0.15, 0.2) is 0 Å². The second-order valence-corrected chi connectivity index (χ2v) is 12.2. The van der Waals surface area contributed by atoms with Gasteiger partial charge in [-0.2, -0.15) is 4.31 Å². The first-order valence-electron chi connectivity index (χ1n) is 11.0. The van der Waals surface area contributed by atoms with E-state index in [2.05, 4.69) is 4.72 Å². The number of amides is 2. The van der Waals surface area contributed by atoms with Gasteiger partial charge in [-0.3, -0.25) is 14.5 Å². The third kappa shape index (κ3) is 6.15. The number of carbonyl (C=O) groups is 2. The minimum atomic E-state index is -3.70. The SMILES string of the molecule is Cc1ccc(S(=O)(=O)N2CCCC[C@H]2CCNS(=O)(=O)CCN2C(=O)CCCC2=O)cc1. The maximum Gasteiger partial charge on any atom is 0.243 e. The molecule has 1 aromatic carbocycles. The molecule has 1 N–H and O–H groups in total. The smallest absolute Gasteiger partial charge is 0.243 e. The normalized spacial score (nSPS) is 21.2. The number of piperidine rings is 2. The minimum absolute atomic E-state index is 0.0921. The molecule has 0 saturated carbocycles. The van der Waals surface area contributed by atoms with Gasteiger partial charge >= 0.3 is 0 Å². The van der Waals surface area contributed by atoms with Crippen molar-refractivity contribution in [2.24, 2.45) is 0 Å². The van der Waals surface area contributed by atoms with Gasteiger partial charge in [0.2, 0.25) is 31.9 Å². The summed E-state index contributed by atoms with van der Waals surface area (Å²) in [5.74, 6) is -1.04. The number of imide groups is 1.